The van der Waals surface area contributed by atoms with Gasteiger partial charge in [-0.1, -0.05) is 19.3 Å². The summed E-state index contributed by atoms with van der Waals surface area (Å²) >= 11 is 4.24. The topological polar surface area (TPSA) is 46.5 Å². The Morgan fingerprint density at radius 3 is 1.75 bits per heavy atom. The molecule has 0 aromatic carbocycles. The quantitative estimate of drug-likeness (QED) is 0.557. The van der Waals surface area contributed by atoms with E-state index in [4.69, 9.17) is 9.90 Å². The van der Waals surface area contributed by atoms with Crippen LogP contribution in [-0.4, -0.2) is 11.3 Å². The van der Waals surface area contributed by atoms with E-state index in [1.165, 1.54) is 19.3 Å². The van der Waals surface area contributed by atoms with Crippen molar-refractivity contribution in [2.24, 2.45) is 0 Å². The van der Waals surface area contributed by atoms with E-state index in [0.29, 0.717) is 0 Å². The molecule has 1 rings (SSSR count). The summed E-state index contributed by atoms with van der Waals surface area (Å²) in [4.78, 5) is 9.01. The molecule has 0 atom stereocenters. The minimum atomic E-state index is -1.48. The molecule has 4 heteroatoms. The van der Waals surface area contributed by atoms with Crippen LogP contribution in [0.3, 0.4) is 0 Å². The van der Waals surface area contributed by atoms with E-state index < -0.39 is 6.16 Å². The number of carbonyl (C=O) groups is 1. The van der Waals surface area contributed by atoms with Crippen molar-refractivity contribution >= 4 is 18.0 Å². The zero-order valence-corrected chi connectivity index (χ0v) is 5.02. The average Bonchev–Trinajstić information content (AvgIpc) is 2.48. The summed E-state index contributed by atoms with van der Waals surface area (Å²) in [5, 5.41) is 7.37. The van der Waals surface area contributed by atoms with Crippen LogP contribution in [0.1, 0.15) is 19.3 Å². The minimum absolute atomic E-state index is 1.48. The Morgan fingerprint density at radius 2 is 1.75 bits per heavy atom. The molecule has 1 aliphatic carbocycles. The van der Waals surface area contributed by atoms with Crippen LogP contribution in [-0.2, 0) is 4.29 Å². The Hall–Kier alpha value is -0.440. The summed E-state index contributed by atoms with van der Waals surface area (Å²) in [6.07, 6.45) is 3.02. The monoisotopic (exact) mass is 138 g/mol. The van der Waals surface area contributed by atoms with Gasteiger partial charge in [-0.25, -0.2) is 4.79 Å². The van der Waals surface area contributed by atoms with Crippen LogP contribution in [0.25, 0.3) is 0 Å². The predicted octanol–water partition coefficient (Wildman–Crippen LogP) is 2.01. The second-order valence-electron chi connectivity index (χ2n) is 1.40. The van der Waals surface area contributed by atoms with Crippen molar-refractivity contribution in [1.29, 1.82) is 0 Å². The summed E-state index contributed by atoms with van der Waals surface area (Å²) in [5.41, 5.74) is 0. The molecule has 1 saturated carbocycles. The molecule has 1 N–H and O–H groups in total. The molecule has 1 aliphatic rings. The Balaban J connectivity index is 0.000000135. The zero-order chi connectivity index (χ0) is 6.41. The summed E-state index contributed by atoms with van der Waals surface area (Å²) < 4.78 is 3.14. The first kappa shape index (κ1) is 7.56. The maximum absolute atomic E-state index is 9.01. The smallest absolute Gasteiger partial charge is 0.449 e. The average molecular weight is 139 g/mol. The van der Waals surface area contributed by atoms with Crippen LogP contribution in [0.2, 0.25) is 0 Å². The van der Waals surface area contributed by atoms with Gasteiger partial charge in [-0.2, -0.15) is 0 Å². The molecular formula is C4H7ClO3. The van der Waals surface area contributed by atoms with Crippen molar-refractivity contribution in [3.63, 3.8) is 0 Å². The molecule has 3 nitrogen and oxygen atoms in total. The van der Waals surface area contributed by atoms with Gasteiger partial charge in [0.25, 0.3) is 0 Å². The maximum Gasteiger partial charge on any atom is 0.524 e. The Kier molecular flexibility index (Phi) is 4.45. The van der Waals surface area contributed by atoms with Crippen LogP contribution >= 0.6 is 11.9 Å². The molecule has 0 heterocycles. The fraction of sp³-hybridized carbons (Fsp3) is 0.750. The summed E-state index contributed by atoms with van der Waals surface area (Å²) in [6.45, 7) is 0. The first-order valence-corrected chi connectivity index (χ1v) is 2.59. The van der Waals surface area contributed by atoms with E-state index >= 15 is 0 Å². The van der Waals surface area contributed by atoms with Crippen molar-refractivity contribution in [2.75, 3.05) is 0 Å². The minimum Gasteiger partial charge on any atom is -0.449 e. The van der Waals surface area contributed by atoms with Gasteiger partial charge in [-0.3, -0.25) is 0 Å². The van der Waals surface area contributed by atoms with Crippen LogP contribution in [0.15, 0.2) is 0 Å². The summed E-state index contributed by atoms with van der Waals surface area (Å²) in [5.74, 6) is 0. The van der Waals surface area contributed by atoms with Gasteiger partial charge >= 0.3 is 6.16 Å². The van der Waals surface area contributed by atoms with Gasteiger partial charge in [0, 0.05) is 0 Å². The molecule has 0 saturated heterocycles. The third-order valence-electron chi connectivity index (χ3n) is 0.420. The normalized spacial score (nSPS) is 13.1. The molecule has 48 valence electrons. The van der Waals surface area contributed by atoms with Crippen molar-refractivity contribution in [2.45, 2.75) is 19.3 Å². The molecule has 0 unspecified atom stereocenters. The fourth-order valence-corrected chi connectivity index (χ4v) is 0. The first-order valence-electron chi connectivity index (χ1n) is 2.29. The molecule has 8 heavy (non-hydrogen) atoms. The number of hydrogen-bond acceptors (Lipinski definition) is 2. The lowest BCUT2D eigenvalue weighted by atomic mass is 11.0. The van der Waals surface area contributed by atoms with Gasteiger partial charge < -0.3 is 9.40 Å². The van der Waals surface area contributed by atoms with Gasteiger partial charge in [0.05, 0.1) is 0 Å². The van der Waals surface area contributed by atoms with Crippen LogP contribution in [0, 0.1) is 0 Å². The van der Waals surface area contributed by atoms with E-state index in [-0.39, 0.29) is 0 Å². The SMILES string of the molecule is C1CC1.O=C(O)OCl. The Labute approximate surface area is 52.4 Å². The van der Waals surface area contributed by atoms with Crippen molar-refractivity contribution in [3.05, 3.63) is 0 Å². The fourth-order valence-electron chi connectivity index (χ4n) is 0. The zero-order valence-electron chi connectivity index (χ0n) is 4.26. The second kappa shape index (κ2) is 4.71. The van der Waals surface area contributed by atoms with Crippen molar-refractivity contribution < 1.29 is 14.2 Å². The van der Waals surface area contributed by atoms with Crippen LogP contribution < -0.4 is 0 Å². The summed E-state index contributed by atoms with van der Waals surface area (Å²) in [6, 6.07) is 0. The molecule has 1 fully saturated rings. The van der Waals surface area contributed by atoms with Gasteiger partial charge in [0.1, 0.15) is 11.9 Å². The lowest BCUT2D eigenvalue weighted by Gasteiger charge is -1.73. The number of halogens is 1. The highest BCUT2D eigenvalue weighted by Gasteiger charge is 1.95. The van der Waals surface area contributed by atoms with Gasteiger partial charge in [0.15, 0.2) is 0 Å². The van der Waals surface area contributed by atoms with E-state index in [0.717, 1.165) is 0 Å². The van der Waals surface area contributed by atoms with E-state index in [1.807, 2.05) is 0 Å². The first-order chi connectivity index (χ1) is 3.77. The van der Waals surface area contributed by atoms with E-state index in [9.17, 15) is 0 Å². The van der Waals surface area contributed by atoms with E-state index in [1.54, 1.807) is 0 Å². The van der Waals surface area contributed by atoms with Crippen LogP contribution in [0.4, 0.5) is 4.79 Å². The largest absolute Gasteiger partial charge is 0.524 e. The van der Waals surface area contributed by atoms with Crippen molar-refractivity contribution in [3.8, 4) is 0 Å². The third-order valence-corrected chi connectivity index (χ3v) is 0.552. The van der Waals surface area contributed by atoms with Crippen LogP contribution in [0.5, 0.6) is 0 Å². The Bertz CT molecular complexity index is 68.9. The second-order valence-corrected chi connectivity index (χ2v) is 1.56. The highest BCUT2D eigenvalue weighted by atomic mass is 35.5. The number of carboxylic acid groups (broad SMARTS) is 1. The highest BCUT2D eigenvalue weighted by molar-refractivity contribution is 6.12. The molecule has 0 aromatic heterocycles. The molecule has 0 aromatic rings. The lowest BCUT2D eigenvalue weighted by molar-refractivity contribution is 0.149. The van der Waals surface area contributed by atoms with E-state index in [2.05, 4.69) is 16.2 Å². The highest BCUT2D eigenvalue weighted by Crippen LogP contribution is 2.14. The molecule has 0 radical (unpaired) electrons. The van der Waals surface area contributed by atoms with Crippen molar-refractivity contribution in [1.82, 2.24) is 0 Å². The summed E-state index contributed by atoms with van der Waals surface area (Å²) in [7, 11) is 0. The standard InChI is InChI=1S/C3H6.CHClO3/c1-2-3-1;2-5-1(3)4/h1-3H2;(H,3,4). The predicted molar refractivity (Wildman–Crippen MR) is 28.8 cm³/mol. The maximum atomic E-state index is 9.01. The molecule has 0 aliphatic heterocycles. The lowest BCUT2D eigenvalue weighted by Crippen LogP contribution is -1.85. The van der Waals surface area contributed by atoms with Gasteiger partial charge in [0.2, 0.25) is 0 Å². The number of hydrogen-bond donors (Lipinski definition) is 1. The molecular weight excluding hydrogens is 131 g/mol. The molecule has 0 spiro atoms. The number of rotatable bonds is 0. The third kappa shape index (κ3) is 17.6. The van der Waals surface area contributed by atoms with Gasteiger partial charge in [-0.15, -0.1) is 0 Å². The molecule has 0 amide bonds. The van der Waals surface area contributed by atoms with Gasteiger partial charge in [-0.05, 0) is 0 Å². The Morgan fingerprint density at radius 1 is 1.50 bits per heavy atom. The molecule has 0 bridgehead atoms.